The van der Waals surface area contributed by atoms with Gasteiger partial charge in [0.2, 0.25) is 0 Å². The van der Waals surface area contributed by atoms with E-state index in [1.54, 1.807) is 4.68 Å². The van der Waals surface area contributed by atoms with Crippen LogP contribution in [0.4, 0.5) is 0 Å². The van der Waals surface area contributed by atoms with E-state index in [0.29, 0.717) is 5.88 Å². The van der Waals surface area contributed by atoms with Crippen LogP contribution in [-0.4, -0.2) is 9.78 Å². The Morgan fingerprint density at radius 3 is 2.50 bits per heavy atom. The fourth-order valence-corrected chi connectivity index (χ4v) is 1.04. The molecule has 2 nitrogen and oxygen atoms in total. The molecule has 0 aliphatic heterocycles. The van der Waals surface area contributed by atoms with Crippen LogP contribution in [0.3, 0.4) is 0 Å². The van der Waals surface area contributed by atoms with Crippen LogP contribution in [0.5, 0.6) is 0 Å². The number of hydrogen-bond donors (Lipinski definition) is 0. The third-order valence-corrected chi connectivity index (χ3v) is 1.55. The molecule has 4 heteroatoms. The molecule has 0 fully saturated rings. The zero-order valence-corrected chi connectivity index (χ0v) is 7.54. The fourth-order valence-electron chi connectivity index (χ4n) is 0.780. The Labute approximate surface area is 71.6 Å². The second kappa shape index (κ2) is 3.84. The van der Waals surface area contributed by atoms with Gasteiger partial charge in [0.05, 0.1) is 11.6 Å². The molecule has 0 amide bonds. The van der Waals surface area contributed by atoms with E-state index in [9.17, 15) is 0 Å². The minimum absolute atomic E-state index is 0. The van der Waals surface area contributed by atoms with Gasteiger partial charge in [-0.25, -0.2) is 0 Å². The lowest BCUT2D eigenvalue weighted by molar-refractivity contribution is 0.756. The average molecular weight is 181 g/mol. The highest BCUT2D eigenvalue weighted by molar-refractivity contribution is 6.17. The highest BCUT2D eigenvalue weighted by Gasteiger charge is 1.98. The molecule has 1 heterocycles. The SMILES string of the molecule is Cc1nn(C)cc1CCl.Cl. The van der Waals surface area contributed by atoms with Crippen molar-refractivity contribution in [2.75, 3.05) is 0 Å². The number of rotatable bonds is 1. The number of nitrogens with zero attached hydrogens (tertiary/aromatic N) is 2. The summed E-state index contributed by atoms with van der Waals surface area (Å²) in [4.78, 5) is 0. The second-order valence-electron chi connectivity index (χ2n) is 2.05. The van der Waals surface area contributed by atoms with Crippen molar-refractivity contribution in [3.05, 3.63) is 17.5 Å². The Balaban J connectivity index is 0.000000810. The standard InChI is InChI=1S/C6H9ClN2.ClH/c1-5-6(3-7)4-9(2)8-5;/h4H,3H2,1-2H3;1H. The van der Waals surface area contributed by atoms with Crippen LogP contribution in [0.15, 0.2) is 6.20 Å². The summed E-state index contributed by atoms with van der Waals surface area (Å²) < 4.78 is 1.77. The van der Waals surface area contributed by atoms with Gasteiger partial charge in [0.15, 0.2) is 0 Å². The Hall–Kier alpha value is -0.210. The number of alkyl halides is 1. The molecule has 0 bridgehead atoms. The normalized spacial score (nSPS) is 9.10. The summed E-state index contributed by atoms with van der Waals surface area (Å²) in [5, 5.41) is 4.11. The maximum absolute atomic E-state index is 5.59. The molecule has 0 spiro atoms. The molecule has 0 saturated heterocycles. The Bertz CT molecular complexity index is 208. The lowest BCUT2D eigenvalue weighted by Crippen LogP contribution is -1.86. The highest BCUT2D eigenvalue weighted by atomic mass is 35.5. The summed E-state index contributed by atoms with van der Waals surface area (Å²) in [6, 6.07) is 0. The van der Waals surface area contributed by atoms with Gasteiger partial charge in [0, 0.05) is 18.8 Å². The van der Waals surface area contributed by atoms with E-state index in [1.807, 2.05) is 20.2 Å². The molecule has 0 N–H and O–H groups in total. The van der Waals surface area contributed by atoms with Crippen molar-refractivity contribution in [3.63, 3.8) is 0 Å². The molecule has 0 aliphatic rings. The van der Waals surface area contributed by atoms with Crippen LogP contribution in [0, 0.1) is 6.92 Å². The van der Waals surface area contributed by atoms with Gasteiger partial charge in [-0.1, -0.05) is 0 Å². The van der Waals surface area contributed by atoms with Crippen LogP contribution in [0.2, 0.25) is 0 Å². The molecule has 0 aromatic carbocycles. The predicted molar refractivity (Wildman–Crippen MR) is 44.8 cm³/mol. The van der Waals surface area contributed by atoms with Crippen LogP contribution in [0.25, 0.3) is 0 Å². The van der Waals surface area contributed by atoms with Gasteiger partial charge in [-0.15, -0.1) is 24.0 Å². The molecule has 58 valence electrons. The van der Waals surface area contributed by atoms with Crippen LogP contribution >= 0.6 is 24.0 Å². The first-order chi connectivity index (χ1) is 4.24. The van der Waals surface area contributed by atoms with E-state index < -0.39 is 0 Å². The minimum Gasteiger partial charge on any atom is -0.275 e. The van der Waals surface area contributed by atoms with Crippen molar-refractivity contribution < 1.29 is 0 Å². The van der Waals surface area contributed by atoms with E-state index in [2.05, 4.69) is 5.10 Å². The van der Waals surface area contributed by atoms with Gasteiger partial charge in [-0.3, -0.25) is 4.68 Å². The third kappa shape index (κ3) is 1.89. The summed E-state index contributed by atoms with van der Waals surface area (Å²) in [5.74, 6) is 0.555. The molecule has 0 unspecified atom stereocenters. The minimum atomic E-state index is 0. The van der Waals surface area contributed by atoms with Gasteiger partial charge in [-0.2, -0.15) is 5.10 Å². The molecule has 1 rings (SSSR count). The van der Waals surface area contributed by atoms with E-state index in [-0.39, 0.29) is 12.4 Å². The van der Waals surface area contributed by atoms with Gasteiger partial charge in [0.25, 0.3) is 0 Å². The Morgan fingerprint density at radius 2 is 2.30 bits per heavy atom. The van der Waals surface area contributed by atoms with Gasteiger partial charge >= 0.3 is 0 Å². The van der Waals surface area contributed by atoms with Gasteiger partial charge in [-0.05, 0) is 6.92 Å². The van der Waals surface area contributed by atoms with E-state index in [0.717, 1.165) is 11.3 Å². The first kappa shape index (κ1) is 9.79. The van der Waals surface area contributed by atoms with E-state index >= 15 is 0 Å². The lowest BCUT2D eigenvalue weighted by Gasteiger charge is -1.83. The third-order valence-electron chi connectivity index (χ3n) is 1.26. The zero-order chi connectivity index (χ0) is 6.85. The maximum Gasteiger partial charge on any atom is 0.0637 e. The Kier molecular flexibility index (Phi) is 3.76. The first-order valence-electron chi connectivity index (χ1n) is 2.79. The van der Waals surface area contributed by atoms with Crippen molar-refractivity contribution in [3.8, 4) is 0 Å². The lowest BCUT2D eigenvalue weighted by atomic mass is 10.3. The highest BCUT2D eigenvalue weighted by Crippen LogP contribution is 2.06. The summed E-state index contributed by atoms with van der Waals surface area (Å²) in [6.45, 7) is 1.96. The van der Waals surface area contributed by atoms with Crippen LogP contribution in [0.1, 0.15) is 11.3 Å². The van der Waals surface area contributed by atoms with E-state index in [4.69, 9.17) is 11.6 Å². The molecular weight excluding hydrogens is 171 g/mol. The molecular formula is C6H10Cl2N2. The second-order valence-corrected chi connectivity index (χ2v) is 2.31. The van der Waals surface area contributed by atoms with Crippen molar-refractivity contribution >= 4 is 24.0 Å². The average Bonchev–Trinajstić information content (AvgIpc) is 2.10. The first-order valence-corrected chi connectivity index (χ1v) is 3.32. The van der Waals surface area contributed by atoms with Gasteiger partial charge in [0.1, 0.15) is 0 Å². The fraction of sp³-hybridized carbons (Fsp3) is 0.500. The number of aromatic nitrogens is 2. The number of aryl methyl sites for hydroxylation is 2. The van der Waals surface area contributed by atoms with Crippen molar-refractivity contribution in [1.29, 1.82) is 0 Å². The largest absolute Gasteiger partial charge is 0.275 e. The van der Waals surface area contributed by atoms with Crippen molar-refractivity contribution in [2.24, 2.45) is 7.05 Å². The number of halogens is 2. The predicted octanol–water partition coefficient (Wildman–Crippen LogP) is 1.89. The molecule has 0 atom stereocenters. The van der Waals surface area contributed by atoms with Crippen molar-refractivity contribution in [1.82, 2.24) is 9.78 Å². The van der Waals surface area contributed by atoms with Crippen LogP contribution in [-0.2, 0) is 12.9 Å². The van der Waals surface area contributed by atoms with Gasteiger partial charge < -0.3 is 0 Å². The molecule has 1 aromatic heterocycles. The van der Waals surface area contributed by atoms with E-state index in [1.165, 1.54) is 0 Å². The molecule has 0 aliphatic carbocycles. The zero-order valence-electron chi connectivity index (χ0n) is 5.97. The Morgan fingerprint density at radius 1 is 1.70 bits per heavy atom. The van der Waals surface area contributed by atoms with Crippen molar-refractivity contribution in [2.45, 2.75) is 12.8 Å². The molecule has 1 aromatic rings. The maximum atomic E-state index is 5.59. The summed E-state index contributed by atoms with van der Waals surface area (Å²) >= 11 is 5.59. The summed E-state index contributed by atoms with van der Waals surface area (Å²) in [5.41, 5.74) is 2.13. The van der Waals surface area contributed by atoms with Crippen LogP contribution < -0.4 is 0 Å². The molecule has 0 radical (unpaired) electrons. The topological polar surface area (TPSA) is 17.8 Å². The monoisotopic (exact) mass is 180 g/mol. The smallest absolute Gasteiger partial charge is 0.0637 e. The molecule has 10 heavy (non-hydrogen) atoms. The quantitative estimate of drug-likeness (QED) is 0.605. The number of hydrogen-bond acceptors (Lipinski definition) is 1. The summed E-state index contributed by atoms with van der Waals surface area (Å²) in [6.07, 6.45) is 1.93. The molecule has 0 saturated carbocycles. The summed E-state index contributed by atoms with van der Waals surface area (Å²) in [7, 11) is 1.89.